The van der Waals surface area contributed by atoms with E-state index in [0.29, 0.717) is 24.0 Å². The number of nitrogens with one attached hydrogen (secondary N) is 1. The number of fused-ring (bicyclic) bond motifs is 3. The summed E-state index contributed by atoms with van der Waals surface area (Å²) in [6.45, 7) is 4.12. The quantitative estimate of drug-likeness (QED) is 0.626. The smallest absolute Gasteiger partial charge is 0.162 e. The summed E-state index contributed by atoms with van der Waals surface area (Å²) in [6.07, 6.45) is 4.29. The predicted molar refractivity (Wildman–Crippen MR) is 106 cm³/mol. The number of anilines is 1. The average Bonchev–Trinajstić information content (AvgIpc) is 2.67. The molecule has 1 aliphatic carbocycles. The van der Waals surface area contributed by atoms with Gasteiger partial charge in [0.2, 0.25) is 0 Å². The molecule has 2 heterocycles. The van der Waals surface area contributed by atoms with Gasteiger partial charge < -0.3 is 5.32 Å². The molecule has 0 spiro atoms. The molecule has 0 bridgehead atoms. The maximum atomic E-state index is 14.2. The molecule has 0 fully saturated rings. The Bertz CT molecular complexity index is 1220. The highest BCUT2D eigenvalue weighted by Crippen LogP contribution is 2.50. The van der Waals surface area contributed by atoms with Crippen LogP contribution in [0.5, 0.6) is 0 Å². The molecule has 0 amide bonds. The van der Waals surface area contributed by atoms with E-state index in [1.807, 2.05) is 12.1 Å². The monoisotopic (exact) mass is 391 g/mol. The topological polar surface area (TPSA) is 54.9 Å². The van der Waals surface area contributed by atoms with Crippen molar-refractivity contribution >= 4 is 22.4 Å². The fraction of sp³-hybridized carbons (Fsp3) is 0.261. The van der Waals surface area contributed by atoms with E-state index < -0.39 is 17.6 Å². The first-order chi connectivity index (χ1) is 13.8. The molecular formula is C23H19F2N3O. The molecule has 1 N–H and O–H groups in total. The zero-order valence-corrected chi connectivity index (χ0v) is 16.1. The van der Waals surface area contributed by atoms with Crippen LogP contribution < -0.4 is 5.32 Å². The molecule has 29 heavy (non-hydrogen) atoms. The number of aromatic nitrogens is 2. The van der Waals surface area contributed by atoms with E-state index in [0.717, 1.165) is 33.9 Å². The van der Waals surface area contributed by atoms with Crippen LogP contribution in [0.25, 0.3) is 10.9 Å². The second kappa shape index (κ2) is 6.17. The Morgan fingerprint density at radius 1 is 1.10 bits per heavy atom. The summed E-state index contributed by atoms with van der Waals surface area (Å²) in [5.74, 6) is -2.31. The van der Waals surface area contributed by atoms with Crippen molar-refractivity contribution in [1.82, 2.24) is 9.97 Å². The highest BCUT2D eigenvalue weighted by atomic mass is 19.2. The number of hydrogen-bond acceptors (Lipinski definition) is 4. The van der Waals surface area contributed by atoms with Crippen molar-refractivity contribution < 1.29 is 13.6 Å². The first kappa shape index (κ1) is 17.9. The molecule has 1 unspecified atom stereocenters. The van der Waals surface area contributed by atoms with E-state index in [-0.39, 0.29) is 11.2 Å². The van der Waals surface area contributed by atoms with Gasteiger partial charge in [-0.05, 0) is 47.2 Å². The van der Waals surface area contributed by atoms with E-state index in [2.05, 4.69) is 29.1 Å². The lowest BCUT2D eigenvalue weighted by atomic mass is 9.68. The third-order valence-corrected chi connectivity index (χ3v) is 5.79. The number of carbonyl (C=O) groups excluding carboxylic acids is 1. The van der Waals surface area contributed by atoms with Gasteiger partial charge in [-0.3, -0.25) is 4.79 Å². The van der Waals surface area contributed by atoms with Crippen molar-refractivity contribution in [3.05, 3.63) is 76.9 Å². The number of ketones is 1. The number of rotatable bonds is 1. The van der Waals surface area contributed by atoms with Gasteiger partial charge in [0.05, 0.1) is 5.52 Å². The molecule has 1 aromatic heterocycles. The van der Waals surface area contributed by atoms with Crippen LogP contribution >= 0.6 is 0 Å². The lowest BCUT2D eigenvalue weighted by Crippen LogP contribution is -2.34. The van der Waals surface area contributed by atoms with Crippen LogP contribution in [0.1, 0.15) is 43.7 Å². The van der Waals surface area contributed by atoms with Gasteiger partial charge in [-0.2, -0.15) is 0 Å². The first-order valence-corrected chi connectivity index (χ1v) is 9.55. The molecule has 0 saturated heterocycles. The van der Waals surface area contributed by atoms with Gasteiger partial charge in [0.1, 0.15) is 6.33 Å². The summed E-state index contributed by atoms with van der Waals surface area (Å²) < 4.78 is 27.8. The highest BCUT2D eigenvalue weighted by Gasteiger charge is 2.41. The normalized spacial score (nSPS) is 20.3. The molecule has 6 heteroatoms. The van der Waals surface area contributed by atoms with E-state index >= 15 is 0 Å². The molecule has 5 rings (SSSR count). The van der Waals surface area contributed by atoms with Gasteiger partial charge in [-0.1, -0.05) is 19.9 Å². The second-order valence-electron chi connectivity index (χ2n) is 8.55. The van der Waals surface area contributed by atoms with Gasteiger partial charge in [-0.15, -0.1) is 0 Å². The number of benzene rings is 2. The Kier molecular flexibility index (Phi) is 3.81. The summed E-state index contributed by atoms with van der Waals surface area (Å²) in [6, 6.07) is 7.68. The van der Waals surface area contributed by atoms with Gasteiger partial charge in [0.15, 0.2) is 17.4 Å². The van der Waals surface area contributed by atoms with Gasteiger partial charge in [0.25, 0.3) is 0 Å². The highest BCUT2D eigenvalue weighted by molar-refractivity contribution is 6.04. The third kappa shape index (κ3) is 2.82. The zero-order chi connectivity index (χ0) is 20.3. The summed E-state index contributed by atoms with van der Waals surface area (Å²) >= 11 is 0. The Hall–Kier alpha value is -3.15. The number of nitrogens with zero attached hydrogens (tertiary/aromatic N) is 2. The minimum absolute atomic E-state index is 0.0259. The number of carbonyl (C=O) groups is 1. The largest absolute Gasteiger partial charge is 0.358 e. The van der Waals surface area contributed by atoms with Gasteiger partial charge in [0, 0.05) is 40.9 Å². The number of halogens is 2. The van der Waals surface area contributed by atoms with Crippen molar-refractivity contribution in [1.29, 1.82) is 0 Å². The molecule has 0 radical (unpaired) electrons. The standard InChI is InChI=1S/C23H19F2N3O/c1-23(2)8-18-22(19(29)9-23)20(12-3-4-14(24)15(25)7-12)21-13-10-26-11-27-16(13)5-6-17(21)28-18/h3-7,10-11,20,28H,8-9H2,1-2H3. The van der Waals surface area contributed by atoms with Crippen LogP contribution in [0, 0.1) is 17.0 Å². The van der Waals surface area contributed by atoms with Crippen LogP contribution in [0.4, 0.5) is 14.5 Å². The molecule has 4 nitrogen and oxygen atoms in total. The molecule has 2 aromatic carbocycles. The fourth-order valence-electron chi connectivity index (χ4n) is 4.61. The molecule has 1 aliphatic heterocycles. The minimum Gasteiger partial charge on any atom is -0.358 e. The van der Waals surface area contributed by atoms with Crippen LogP contribution in [-0.4, -0.2) is 15.8 Å². The second-order valence-corrected chi connectivity index (χ2v) is 8.55. The van der Waals surface area contributed by atoms with Crippen LogP contribution in [0.2, 0.25) is 0 Å². The maximum Gasteiger partial charge on any atom is 0.162 e. The zero-order valence-electron chi connectivity index (χ0n) is 16.1. The van der Waals surface area contributed by atoms with Gasteiger partial charge in [-0.25, -0.2) is 18.7 Å². The average molecular weight is 391 g/mol. The van der Waals surface area contributed by atoms with Crippen LogP contribution in [-0.2, 0) is 4.79 Å². The molecule has 0 saturated carbocycles. The summed E-state index contributed by atoms with van der Waals surface area (Å²) in [5.41, 5.74) is 4.25. The SMILES string of the molecule is CC1(C)CC(=O)C2=C(C1)Nc1ccc3ncncc3c1C2c1ccc(F)c(F)c1. The maximum absolute atomic E-state index is 14.2. The summed E-state index contributed by atoms with van der Waals surface area (Å²) in [5, 5.41) is 4.23. The lowest BCUT2D eigenvalue weighted by Gasteiger charge is -2.39. The van der Waals surface area contributed by atoms with Crippen molar-refractivity contribution in [3.8, 4) is 0 Å². The third-order valence-electron chi connectivity index (χ3n) is 5.79. The lowest BCUT2D eigenvalue weighted by molar-refractivity contribution is -0.118. The van der Waals surface area contributed by atoms with E-state index in [9.17, 15) is 13.6 Å². The van der Waals surface area contributed by atoms with Gasteiger partial charge >= 0.3 is 0 Å². The Morgan fingerprint density at radius 3 is 2.72 bits per heavy atom. The number of allylic oxidation sites excluding steroid dienone is 2. The van der Waals surface area contributed by atoms with Crippen LogP contribution in [0.3, 0.4) is 0 Å². The van der Waals surface area contributed by atoms with E-state index in [1.54, 1.807) is 12.3 Å². The fourth-order valence-corrected chi connectivity index (χ4v) is 4.61. The Labute approximate surface area is 166 Å². The predicted octanol–water partition coefficient (Wildman–Crippen LogP) is 5.11. The number of hydrogen-bond donors (Lipinski definition) is 1. The molecule has 3 aromatic rings. The summed E-state index contributed by atoms with van der Waals surface area (Å²) in [7, 11) is 0. The Morgan fingerprint density at radius 2 is 1.93 bits per heavy atom. The van der Waals surface area contributed by atoms with Crippen molar-refractivity contribution in [2.45, 2.75) is 32.6 Å². The minimum atomic E-state index is -0.926. The van der Waals surface area contributed by atoms with E-state index in [4.69, 9.17) is 0 Å². The summed E-state index contributed by atoms with van der Waals surface area (Å²) in [4.78, 5) is 21.7. The van der Waals surface area contributed by atoms with Crippen molar-refractivity contribution in [2.24, 2.45) is 5.41 Å². The first-order valence-electron chi connectivity index (χ1n) is 9.55. The molecule has 1 atom stereocenters. The molecule has 2 aliphatic rings. The van der Waals surface area contributed by atoms with E-state index in [1.165, 1.54) is 12.4 Å². The van der Waals surface area contributed by atoms with Crippen molar-refractivity contribution in [2.75, 3.05) is 5.32 Å². The van der Waals surface area contributed by atoms with Crippen molar-refractivity contribution in [3.63, 3.8) is 0 Å². The van der Waals surface area contributed by atoms with Crippen LogP contribution in [0.15, 0.2) is 54.1 Å². The number of Topliss-reactive ketones (excluding diaryl/α,β-unsaturated/α-hetero) is 1. The Balaban J connectivity index is 1.82. The molecule has 146 valence electrons. The molecular weight excluding hydrogens is 372 g/mol.